The molecule has 3 N–H and O–H groups in total. The maximum absolute atomic E-state index is 13.9. The predicted octanol–water partition coefficient (Wildman–Crippen LogP) is 15.9. The maximum atomic E-state index is 13.9. The van der Waals surface area contributed by atoms with E-state index in [2.05, 4.69) is 19.2 Å². The van der Waals surface area contributed by atoms with Gasteiger partial charge in [-0.25, -0.2) is 14.4 Å². The zero-order valence-electron chi connectivity index (χ0n) is 49.6. The molecule has 0 bridgehead atoms. The summed E-state index contributed by atoms with van der Waals surface area (Å²) in [5.41, 5.74) is 0.672. The highest BCUT2D eigenvalue weighted by molar-refractivity contribution is 5.91. The molecule has 7 atom stereocenters. The molecule has 0 radical (unpaired) electrons. The third-order valence-corrected chi connectivity index (χ3v) is 15.3. The van der Waals surface area contributed by atoms with Crippen molar-refractivity contribution < 1.29 is 53.1 Å². The molecule has 1 aliphatic rings. The van der Waals surface area contributed by atoms with Crippen LogP contribution in [0.3, 0.4) is 0 Å². The minimum atomic E-state index is -1.65. The summed E-state index contributed by atoms with van der Waals surface area (Å²) in [5, 5.41) is 25.1. The highest BCUT2D eigenvalue weighted by Crippen LogP contribution is 2.29. The van der Waals surface area contributed by atoms with E-state index in [9.17, 15) is 29.4 Å². The second-order valence-corrected chi connectivity index (χ2v) is 22.2. The standard InChI is InChI=1S/C69H103NO11/c1-3-5-7-9-11-13-15-17-18-19-20-21-22-23-24-26-28-30-32-34-45-53-62(72)70-59(60(78-66(74)56-46-38-35-39-47-56)52-44-33-31-29-27-25-16-14-12-10-8-6-4-2)55-77-69-65(81-68(76)58-50-42-37-43-51-58)64(63(73)61(54-71)79-69)80-67(75)57-48-40-36-41-49-57/h35-53,59-61,63-65,69,71,73H,3-34,54-55H2,1-2H3,(H,70,72)/t59-,60+,61+,63+,64-,65+,69-/m0/s1. The molecule has 0 saturated carbocycles. The normalized spacial score (nSPS) is 18.0. The van der Waals surface area contributed by atoms with Crippen LogP contribution in [0.2, 0.25) is 0 Å². The SMILES string of the molecule is CCCCCCCCCCCCCC=C[C@@H](OC(=O)c1ccccc1)[C@H](CO[C@H]1O[C@H](CO)[C@@H](O)[C@H](OC(=O)c2ccccc2)[C@H]1OC(=O)c1ccccc1)NC(=O)C=CCCCCCCCCCCCCCCCCCCCCC. The lowest BCUT2D eigenvalue weighted by Gasteiger charge is -2.43. The summed E-state index contributed by atoms with van der Waals surface area (Å²) < 4.78 is 30.7. The van der Waals surface area contributed by atoms with Crippen molar-refractivity contribution in [1.29, 1.82) is 0 Å². The van der Waals surface area contributed by atoms with Gasteiger partial charge < -0.3 is 39.2 Å². The third kappa shape index (κ3) is 29.6. The highest BCUT2D eigenvalue weighted by Gasteiger charge is 2.51. The quantitative estimate of drug-likeness (QED) is 0.0162. The van der Waals surface area contributed by atoms with Crippen molar-refractivity contribution in [2.75, 3.05) is 13.2 Å². The average molecular weight is 1120 g/mol. The number of esters is 3. The van der Waals surface area contributed by atoms with Crippen molar-refractivity contribution in [3.05, 3.63) is 132 Å². The van der Waals surface area contributed by atoms with Crippen molar-refractivity contribution in [3.63, 3.8) is 0 Å². The van der Waals surface area contributed by atoms with Crippen molar-refractivity contribution in [3.8, 4) is 0 Å². The fraction of sp³-hybridized carbons (Fsp3) is 0.623. The summed E-state index contributed by atoms with van der Waals surface area (Å²) >= 11 is 0. The van der Waals surface area contributed by atoms with E-state index in [4.69, 9.17) is 23.7 Å². The first-order valence-corrected chi connectivity index (χ1v) is 31.7. The molecule has 1 aliphatic heterocycles. The molecule has 1 heterocycles. The van der Waals surface area contributed by atoms with Gasteiger partial charge in [0.25, 0.3) is 0 Å². The molecule has 12 nitrogen and oxygen atoms in total. The summed E-state index contributed by atoms with van der Waals surface area (Å²) in [5.74, 6) is -2.67. The van der Waals surface area contributed by atoms with E-state index in [-0.39, 0.29) is 17.7 Å². The van der Waals surface area contributed by atoms with Gasteiger partial charge in [0, 0.05) is 0 Å². The molecule has 1 amide bonds. The van der Waals surface area contributed by atoms with E-state index in [0.717, 1.165) is 44.9 Å². The Morgan fingerprint density at radius 3 is 1.28 bits per heavy atom. The van der Waals surface area contributed by atoms with Crippen LogP contribution in [-0.2, 0) is 28.5 Å². The average Bonchev–Trinajstić information content (AvgIpc) is 3.68. The zero-order chi connectivity index (χ0) is 57.8. The molecule has 0 aliphatic carbocycles. The molecule has 450 valence electrons. The molecule has 0 unspecified atom stereocenters. The van der Waals surface area contributed by atoms with Crippen LogP contribution < -0.4 is 5.32 Å². The molecule has 0 spiro atoms. The number of carbonyl (C=O) groups excluding carboxylic acids is 4. The van der Waals surface area contributed by atoms with Gasteiger partial charge in [-0.1, -0.05) is 260 Å². The van der Waals surface area contributed by atoms with E-state index >= 15 is 0 Å². The molecule has 4 rings (SSSR count). The number of hydrogen-bond donors (Lipinski definition) is 3. The van der Waals surface area contributed by atoms with Crippen LogP contribution in [0.4, 0.5) is 0 Å². The van der Waals surface area contributed by atoms with Crippen molar-refractivity contribution >= 4 is 23.8 Å². The number of carbonyl (C=O) groups is 4. The first-order chi connectivity index (χ1) is 39.7. The van der Waals surface area contributed by atoms with Crippen molar-refractivity contribution in [2.45, 2.75) is 262 Å². The molecule has 3 aromatic carbocycles. The van der Waals surface area contributed by atoms with Crippen LogP contribution in [0, 0.1) is 0 Å². The van der Waals surface area contributed by atoms with Gasteiger partial charge in [0.1, 0.15) is 18.3 Å². The molecular formula is C69H103NO11. The Bertz CT molecular complexity index is 2130. The Balaban J connectivity index is 1.43. The van der Waals surface area contributed by atoms with Gasteiger partial charge in [-0.3, -0.25) is 4.79 Å². The Labute approximate surface area is 487 Å². The van der Waals surface area contributed by atoms with Gasteiger partial charge >= 0.3 is 17.9 Å². The molecule has 81 heavy (non-hydrogen) atoms. The van der Waals surface area contributed by atoms with Crippen LogP contribution in [-0.4, -0.2) is 90.1 Å². The molecule has 3 aromatic rings. The van der Waals surface area contributed by atoms with E-state index in [1.54, 1.807) is 97.1 Å². The molecule has 0 aromatic heterocycles. The van der Waals surface area contributed by atoms with Gasteiger partial charge in [0.2, 0.25) is 5.91 Å². The number of ether oxygens (including phenoxy) is 5. The smallest absolute Gasteiger partial charge is 0.338 e. The van der Waals surface area contributed by atoms with Crippen LogP contribution in [0.15, 0.2) is 115 Å². The van der Waals surface area contributed by atoms with E-state index in [1.807, 2.05) is 12.2 Å². The lowest BCUT2D eigenvalue weighted by Crippen LogP contribution is -2.62. The number of allylic oxidation sites excluding steroid dienone is 2. The van der Waals surface area contributed by atoms with E-state index < -0.39 is 73.3 Å². The van der Waals surface area contributed by atoms with Crippen molar-refractivity contribution in [1.82, 2.24) is 5.32 Å². The van der Waals surface area contributed by atoms with Gasteiger partial charge in [-0.15, -0.1) is 0 Å². The molecular weight excluding hydrogens is 1020 g/mol. The summed E-state index contributed by atoms with van der Waals surface area (Å²) in [7, 11) is 0. The number of unbranched alkanes of at least 4 members (excludes halogenated alkanes) is 30. The maximum Gasteiger partial charge on any atom is 0.338 e. The van der Waals surface area contributed by atoms with Crippen LogP contribution in [0.1, 0.15) is 250 Å². The highest BCUT2D eigenvalue weighted by atomic mass is 16.7. The van der Waals surface area contributed by atoms with Gasteiger partial charge in [-0.2, -0.15) is 0 Å². The van der Waals surface area contributed by atoms with E-state index in [0.29, 0.717) is 12.0 Å². The Kier molecular flexibility index (Phi) is 37.5. The Morgan fingerprint density at radius 1 is 0.506 bits per heavy atom. The fourth-order valence-electron chi connectivity index (χ4n) is 10.3. The summed E-state index contributed by atoms with van der Waals surface area (Å²) in [6.45, 7) is 3.44. The fourth-order valence-corrected chi connectivity index (χ4v) is 10.3. The second kappa shape index (κ2) is 44.4. The molecule has 1 fully saturated rings. The Morgan fingerprint density at radius 2 is 0.877 bits per heavy atom. The zero-order valence-corrected chi connectivity index (χ0v) is 49.6. The number of hydrogen-bond acceptors (Lipinski definition) is 11. The van der Waals surface area contributed by atoms with Gasteiger partial charge in [-0.05, 0) is 74.2 Å². The van der Waals surface area contributed by atoms with Crippen LogP contribution in [0.25, 0.3) is 0 Å². The number of aliphatic hydroxyl groups is 2. The van der Waals surface area contributed by atoms with Crippen molar-refractivity contribution in [2.24, 2.45) is 0 Å². The van der Waals surface area contributed by atoms with Gasteiger partial charge in [0.05, 0.1) is 35.9 Å². The number of nitrogens with one attached hydrogen (secondary N) is 1. The lowest BCUT2D eigenvalue weighted by molar-refractivity contribution is -0.300. The molecule has 12 heteroatoms. The minimum absolute atomic E-state index is 0.177. The topological polar surface area (TPSA) is 167 Å². The van der Waals surface area contributed by atoms with Crippen LogP contribution >= 0.6 is 0 Å². The lowest BCUT2D eigenvalue weighted by atomic mass is 9.98. The van der Waals surface area contributed by atoms with Crippen LogP contribution in [0.5, 0.6) is 0 Å². The van der Waals surface area contributed by atoms with E-state index in [1.165, 1.54) is 160 Å². The summed E-state index contributed by atoms with van der Waals surface area (Å²) in [4.78, 5) is 55.1. The number of benzene rings is 3. The molecule has 1 saturated heterocycles. The van der Waals surface area contributed by atoms with Gasteiger partial charge in [0.15, 0.2) is 18.5 Å². The third-order valence-electron chi connectivity index (χ3n) is 15.3. The first-order valence-electron chi connectivity index (χ1n) is 31.7. The summed E-state index contributed by atoms with van der Waals surface area (Å²) in [6.07, 6.45) is 37.9. The predicted molar refractivity (Wildman–Crippen MR) is 324 cm³/mol. The number of aliphatic hydroxyl groups excluding tert-OH is 2. The Hall–Kier alpha value is -5.14. The largest absolute Gasteiger partial charge is 0.452 e. The second-order valence-electron chi connectivity index (χ2n) is 22.2. The summed E-state index contributed by atoms with van der Waals surface area (Å²) in [6, 6.07) is 23.9. The number of amides is 1. The number of rotatable bonds is 46. The minimum Gasteiger partial charge on any atom is -0.452 e. The first kappa shape index (κ1) is 68.4. The monoisotopic (exact) mass is 1120 g/mol.